The van der Waals surface area contributed by atoms with Gasteiger partial charge in [0.05, 0.1) is 7.11 Å². The van der Waals surface area contributed by atoms with Crippen molar-refractivity contribution in [1.82, 2.24) is 5.32 Å². The summed E-state index contributed by atoms with van der Waals surface area (Å²) >= 11 is 0. The van der Waals surface area contributed by atoms with E-state index in [9.17, 15) is 0 Å². The van der Waals surface area contributed by atoms with Crippen molar-refractivity contribution < 1.29 is 4.74 Å². The molecule has 0 aliphatic carbocycles. The highest BCUT2D eigenvalue weighted by molar-refractivity contribution is 5.85. The Labute approximate surface area is 120 Å². The van der Waals surface area contributed by atoms with E-state index in [1.54, 1.807) is 7.11 Å². The Morgan fingerprint density at radius 2 is 1.84 bits per heavy atom. The zero-order chi connectivity index (χ0) is 12.4. The number of nitrogens with one attached hydrogen (secondary N) is 1. The summed E-state index contributed by atoms with van der Waals surface area (Å²) in [6.07, 6.45) is 3.89. The maximum Gasteiger partial charge on any atom is 0.119 e. The van der Waals surface area contributed by atoms with E-state index in [-0.39, 0.29) is 12.4 Å². The third kappa shape index (κ3) is 3.02. The number of benzene rings is 2. The number of hydrogen-bond donors (Lipinski definition) is 1. The largest absolute Gasteiger partial charge is 0.497 e. The molecule has 102 valence electrons. The van der Waals surface area contributed by atoms with Crippen molar-refractivity contribution in [2.24, 2.45) is 0 Å². The fourth-order valence-electron chi connectivity index (χ4n) is 2.72. The average Bonchev–Trinajstić information content (AvgIpc) is 2.47. The first-order valence-corrected chi connectivity index (χ1v) is 6.68. The van der Waals surface area contributed by atoms with Gasteiger partial charge >= 0.3 is 0 Å². The van der Waals surface area contributed by atoms with Crippen LogP contribution in [0.15, 0.2) is 36.4 Å². The van der Waals surface area contributed by atoms with Crippen molar-refractivity contribution in [3.8, 4) is 5.75 Å². The lowest BCUT2D eigenvalue weighted by atomic mass is 9.95. The highest BCUT2D eigenvalue weighted by Crippen LogP contribution is 2.27. The van der Waals surface area contributed by atoms with Crippen LogP contribution in [0.2, 0.25) is 0 Å². The monoisotopic (exact) mass is 277 g/mol. The number of methoxy groups -OCH3 is 1. The van der Waals surface area contributed by atoms with Crippen LogP contribution in [0.25, 0.3) is 10.8 Å². The maximum atomic E-state index is 5.26. The van der Waals surface area contributed by atoms with E-state index in [4.69, 9.17) is 4.74 Å². The van der Waals surface area contributed by atoms with Gasteiger partial charge in [0.1, 0.15) is 5.75 Å². The number of piperidine rings is 1. The molecule has 2 aromatic rings. The molecule has 1 aliphatic rings. The lowest BCUT2D eigenvalue weighted by Gasteiger charge is -2.24. The molecule has 1 atom stereocenters. The van der Waals surface area contributed by atoms with Crippen LogP contribution < -0.4 is 10.1 Å². The lowest BCUT2D eigenvalue weighted by molar-refractivity contribution is 0.412. The minimum absolute atomic E-state index is 0. The molecule has 1 saturated heterocycles. The topological polar surface area (TPSA) is 21.3 Å². The molecule has 0 saturated carbocycles. The fourth-order valence-corrected chi connectivity index (χ4v) is 2.72. The quantitative estimate of drug-likeness (QED) is 0.893. The third-order valence-corrected chi connectivity index (χ3v) is 3.78. The molecule has 0 unspecified atom stereocenters. The molecule has 1 N–H and O–H groups in total. The van der Waals surface area contributed by atoms with Gasteiger partial charge in [-0.3, -0.25) is 0 Å². The van der Waals surface area contributed by atoms with Crippen molar-refractivity contribution in [2.75, 3.05) is 13.7 Å². The average molecular weight is 278 g/mol. The molecule has 1 heterocycles. The fraction of sp³-hybridized carbons (Fsp3) is 0.375. The van der Waals surface area contributed by atoms with Crippen molar-refractivity contribution in [1.29, 1.82) is 0 Å². The van der Waals surface area contributed by atoms with Gasteiger partial charge < -0.3 is 10.1 Å². The van der Waals surface area contributed by atoms with Gasteiger partial charge in [0.2, 0.25) is 0 Å². The van der Waals surface area contributed by atoms with Crippen LogP contribution in [0.1, 0.15) is 30.9 Å². The standard InChI is InChI=1S/C16H19NO.ClH/c1-18-15-8-7-12-10-14(6-5-13(12)11-15)16-4-2-3-9-17-16;/h5-8,10-11,16-17H,2-4,9H2,1H3;1H/t16-;/m1./s1. The molecule has 2 aromatic carbocycles. The van der Waals surface area contributed by atoms with E-state index in [1.807, 2.05) is 6.07 Å². The van der Waals surface area contributed by atoms with Crippen LogP contribution >= 0.6 is 12.4 Å². The normalized spacial score (nSPS) is 18.9. The van der Waals surface area contributed by atoms with Gasteiger partial charge in [-0.15, -0.1) is 12.4 Å². The van der Waals surface area contributed by atoms with E-state index in [0.29, 0.717) is 6.04 Å². The highest BCUT2D eigenvalue weighted by Gasteiger charge is 2.14. The van der Waals surface area contributed by atoms with Crippen LogP contribution in [0.5, 0.6) is 5.75 Å². The molecule has 19 heavy (non-hydrogen) atoms. The smallest absolute Gasteiger partial charge is 0.119 e. The van der Waals surface area contributed by atoms with Gasteiger partial charge in [-0.05, 0) is 53.9 Å². The predicted molar refractivity (Wildman–Crippen MR) is 82.3 cm³/mol. The summed E-state index contributed by atoms with van der Waals surface area (Å²) < 4.78 is 5.26. The second-order valence-electron chi connectivity index (χ2n) is 4.98. The molecule has 3 heteroatoms. The number of hydrogen-bond acceptors (Lipinski definition) is 2. The Balaban J connectivity index is 0.00000133. The van der Waals surface area contributed by atoms with E-state index < -0.39 is 0 Å². The van der Waals surface area contributed by atoms with Crippen molar-refractivity contribution in [3.05, 3.63) is 42.0 Å². The summed E-state index contributed by atoms with van der Waals surface area (Å²) in [6, 6.07) is 13.5. The maximum absolute atomic E-state index is 5.26. The van der Waals surface area contributed by atoms with Crippen LogP contribution in [0.4, 0.5) is 0 Å². The van der Waals surface area contributed by atoms with Crippen LogP contribution in [-0.2, 0) is 0 Å². The molecule has 0 spiro atoms. The molecule has 0 aromatic heterocycles. The summed E-state index contributed by atoms with van der Waals surface area (Å²) in [4.78, 5) is 0. The van der Waals surface area contributed by atoms with E-state index in [0.717, 1.165) is 12.3 Å². The minimum atomic E-state index is 0. The van der Waals surface area contributed by atoms with Gasteiger partial charge in [0, 0.05) is 6.04 Å². The third-order valence-electron chi connectivity index (χ3n) is 3.78. The summed E-state index contributed by atoms with van der Waals surface area (Å²) in [5.41, 5.74) is 1.41. The Morgan fingerprint density at radius 3 is 2.58 bits per heavy atom. The molecule has 2 nitrogen and oxygen atoms in total. The Bertz CT molecular complexity index is 549. The predicted octanol–water partition coefficient (Wildman–Crippen LogP) is 4.08. The Kier molecular flexibility index (Phi) is 4.67. The molecule has 1 fully saturated rings. The first kappa shape index (κ1) is 14.2. The second-order valence-corrected chi connectivity index (χ2v) is 4.98. The second kappa shape index (κ2) is 6.27. The first-order chi connectivity index (χ1) is 8.86. The summed E-state index contributed by atoms with van der Waals surface area (Å²) in [5.74, 6) is 0.922. The van der Waals surface area contributed by atoms with Gasteiger partial charge in [0.25, 0.3) is 0 Å². The summed E-state index contributed by atoms with van der Waals surface area (Å²) in [7, 11) is 1.71. The molecule has 0 radical (unpaired) electrons. The van der Waals surface area contributed by atoms with Crippen molar-refractivity contribution >= 4 is 23.2 Å². The van der Waals surface area contributed by atoms with E-state index in [2.05, 4.69) is 35.6 Å². The van der Waals surface area contributed by atoms with Crippen molar-refractivity contribution in [3.63, 3.8) is 0 Å². The minimum Gasteiger partial charge on any atom is -0.497 e. The zero-order valence-corrected chi connectivity index (χ0v) is 12.0. The van der Waals surface area contributed by atoms with Gasteiger partial charge in [0.15, 0.2) is 0 Å². The number of ether oxygens (including phenoxy) is 1. The van der Waals surface area contributed by atoms with E-state index >= 15 is 0 Å². The van der Waals surface area contributed by atoms with Gasteiger partial charge in [-0.25, -0.2) is 0 Å². The van der Waals surface area contributed by atoms with Crippen LogP contribution in [0.3, 0.4) is 0 Å². The Morgan fingerprint density at radius 1 is 1.05 bits per heavy atom. The number of fused-ring (bicyclic) bond motifs is 1. The first-order valence-electron chi connectivity index (χ1n) is 6.68. The Hall–Kier alpha value is -1.25. The van der Waals surface area contributed by atoms with Gasteiger partial charge in [-0.1, -0.05) is 24.6 Å². The van der Waals surface area contributed by atoms with Crippen LogP contribution in [0, 0.1) is 0 Å². The number of halogens is 1. The molecular weight excluding hydrogens is 258 g/mol. The molecule has 0 amide bonds. The number of rotatable bonds is 2. The summed E-state index contributed by atoms with van der Waals surface area (Å²) in [6.45, 7) is 1.14. The zero-order valence-electron chi connectivity index (χ0n) is 11.2. The molecule has 3 rings (SSSR count). The van der Waals surface area contributed by atoms with Crippen LogP contribution in [-0.4, -0.2) is 13.7 Å². The highest BCUT2D eigenvalue weighted by atomic mass is 35.5. The lowest BCUT2D eigenvalue weighted by Crippen LogP contribution is -2.26. The molecule has 0 bridgehead atoms. The SMILES string of the molecule is COc1ccc2cc([C@H]3CCCCN3)ccc2c1.Cl. The molecular formula is C16H20ClNO. The van der Waals surface area contributed by atoms with Gasteiger partial charge in [-0.2, -0.15) is 0 Å². The summed E-state index contributed by atoms with van der Waals surface area (Å²) in [5, 5.41) is 6.13. The molecule has 1 aliphatic heterocycles. The van der Waals surface area contributed by atoms with E-state index in [1.165, 1.54) is 35.6 Å². The van der Waals surface area contributed by atoms with Crippen molar-refractivity contribution in [2.45, 2.75) is 25.3 Å².